The lowest BCUT2D eigenvalue weighted by Crippen LogP contribution is -2.44. The van der Waals surface area contributed by atoms with Gasteiger partial charge in [0.25, 0.3) is 0 Å². The highest BCUT2D eigenvalue weighted by molar-refractivity contribution is 5.89. The number of nitrogens with one attached hydrogen (secondary N) is 1. The van der Waals surface area contributed by atoms with Gasteiger partial charge in [-0.3, -0.25) is 14.6 Å². The number of pyridine rings is 1. The van der Waals surface area contributed by atoms with Crippen LogP contribution in [0.1, 0.15) is 36.6 Å². The highest BCUT2D eigenvalue weighted by atomic mass is 19.1. The van der Waals surface area contributed by atoms with E-state index < -0.39 is 6.04 Å². The Bertz CT molecular complexity index is 992. The zero-order valence-electron chi connectivity index (χ0n) is 17.7. The molecule has 6 heteroatoms. The molecule has 5 nitrogen and oxygen atoms in total. The minimum Gasteiger partial charge on any atom is -0.350 e. The molecule has 160 valence electrons. The van der Waals surface area contributed by atoms with Gasteiger partial charge in [0, 0.05) is 31.4 Å². The number of hydrogen-bond acceptors (Lipinski definition) is 3. The van der Waals surface area contributed by atoms with E-state index in [2.05, 4.69) is 10.3 Å². The number of carbonyl (C=O) groups is 2. The van der Waals surface area contributed by atoms with E-state index in [1.54, 1.807) is 49.3 Å². The number of benzene rings is 2. The quantitative estimate of drug-likeness (QED) is 0.593. The number of halogens is 1. The van der Waals surface area contributed by atoms with Crippen LogP contribution in [-0.4, -0.2) is 21.7 Å². The lowest BCUT2D eigenvalue weighted by atomic mass is 10.0. The van der Waals surface area contributed by atoms with E-state index in [1.807, 2.05) is 36.4 Å². The zero-order chi connectivity index (χ0) is 22.2. The molecule has 0 aliphatic rings. The maximum Gasteiger partial charge on any atom is 0.247 e. The molecule has 3 rings (SSSR count). The van der Waals surface area contributed by atoms with Crippen molar-refractivity contribution in [3.63, 3.8) is 0 Å². The smallest absolute Gasteiger partial charge is 0.247 e. The predicted molar refractivity (Wildman–Crippen MR) is 117 cm³/mol. The molecule has 0 saturated heterocycles. The first-order valence-corrected chi connectivity index (χ1v) is 10.2. The second-order valence-electron chi connectivity index (χ2n) is 7.64. The normalized spacial score (nSPS) is 11.7. The minimum absolute atomic E-state index is 0.158. The van der Waals surface area contributed by atoms with Crippen molar-refractivity contribution in [1.29, 1.82) is 0 Å². The number of hydrogen-bond donors (Lipinski definition) is 1. The first-order valence-electron chi connectivity index (χ1n) is 10.2. The molecule has 0 fully saturated rings. The van der Waals surface area contributed by atoms with Gasteiger partial charge < -0.3 is 10.2 Å². The molecule has 2 amide bonds. The van der Waals surface area contributed by atoms with E-state index in [0.717, 1.165) is 11.1 Å². The van der Waals surface area contributed by atoms with Gasteiger partial charge in [-0.05, 0) is 34.9 Å². The van der Waals surface area contributed by atoms with Crippen molar-refractivity contribution in [1.82, 2.24) is 15.2 Å². The van der Waals surface area contributed by atoms with Gasteiger partial charge in [0.05, 0.1) is 0 Å². The summed E-state index contributed by atoms with van der Waals surface area (Å²) in [5, 5.41) is 2.93. The van der Waals surface area contributed by atoms with Crippen molar-refractivity contribution in [2.24, 2.45) is 5.92 Å². The largest absolute Gasteiger partial charge is 0.350 e. The topological polar surface area (TPSA) is 62.3 Å². The molecule has 1 heterocycles. The molecule has 0 aliphatic heterocycles. The molecule has 0 aliphatic carbocycles. The Morgan fingerprint density at radius 1 is 0.968 bits per heavy atom. The van der Waals surface area contributed by atoms with Gasteiger partial charge in [-0.2, -0.15) is 0 Å². The molecule has 0 spiro atoms. The SMILES string of the molecule is CC(C)C(=O)N(Cc1ccc(F)cc1)[C@@H](C(=O)NCc1cccnc1)c1ccccc1. The van der Waals surface area contributed by atoms with Gasteiger partial charge in [-0.15, -0.1) is 0 Å². The average molecular weight is 420 g/mol. The van der Waals surface area contributed by atoms with Gasteiger partial charge in [0.2, 0.25) is 11.8 Å². The van der Waals surface area contributed by atoms with E-state index in [0.29, 0.717) is 12.1 Å². The number of nitrogens with zero attached hydrogens (tertiary/aromatic N) is 2. The molecule has 1 atom stereocenters. The van der Waals surface area contributed by atoms with E-state index in [9.17, 15) is 14.0 Å². The van der Waals surface area contributed by atoms with Crippen LogP contribution in [0.15, 0.2) is 79.1 Å². The van der Waals surface area contributed by atoms with Gasteiger partial charge >= 0.3 is 0 Å². The molecular weight excluding hydrogens is 393 g/mol. The Labute approximate surface area is 181 Å². The van der Waals surface area contributed by atoms with Crippen LogP contribution >= 0.6 is 0 Å². The van der Waals surface area contributed by atoms with Crippen LogP contribution in [0.5, 0.6) is 0 Å². The van der Waals surface area contributed by atoms with Gasteiger partial charge in [0.1, 0.15) is 11.9 Å². The summed E-state index contributed by atoms with van der Waals surface area (Å²) in [5.41, 5.74) is 2.32. The van der Waals surface area contributed by atoms with E-state index >= 15 is 0 Å². The van der Waals surface area contributed by atoms with E-state index in [-0.39, 0.29) is 30.1 Å². The van der Waals surface area contributed by atoms with Crippen molar-refractivity contribution in [3.8, 4) is 0 Å². The summed E-state index contributed by atoms with van der Waals surface area (Å²) in [4.78, 5) is 32.1. The molecule has 2 aromatic carbocycles. The fourth-order valence-corrected chi connectivity index (χ4v) is 3.31. The molecule has 31 heavy (non-hydrogen) atoms. The van der Waals surface area contributed by atoms with Crippen LogP contribution in [0.4, 0.5) is 4.39 Å². The van der Waals surface area contributed by atoms with Gasteiger partial charge in [-0.25, -0.2) is 4.39 Å². The second-order valence-corrected chi connectivity index (χ2v) is 7.64. The van der Waals surface area contributed by atoms with Crippen molar-refractivity contribution in [2.45, 2.75) is 33.0 Å². The molecule has 0 saturated carbocycles. The Morgan fingerprint density at radius 3 is 2.29 bits per heavy atom. The molecule has 0 radical (unpaired) electrons. The van der Waals surface area contributed by atoms with E-state index in [4.69, 9.17) is 0 Å². The predicted octanol–water partition coefficient (Wildman–Crippen LogP) is 4.26. The van der Waals surface area contributed by atoms with Gasteiger partial charge in [0.15, 0.2) is 0 Å². The molecular formula is C25H26FN3O2. The van der Waals surface area contributed by atoms with E-state index in [1.165, 1.54) is 12.1 Å². The zero-order valence-corrected chi connectivity index (χ0v) is 17.7. The van der Waals surface area contributed by atoms with Crippen LogP contribution in [0.2, 0.25) is 0 Å². The third-order valence-electron chi connectivity index (χ3n) is 4.91. The van der Waals surface area contributed by atoms with Crippen LogP contribution in [0.3, 0.4) is 0 Å². The molecule has 1 N–H and O–H groups in total. The van der Waals surface area contributed by atoms with Crippen LogP contribution in [0, 0.1) is 11.7 Å². The molecule has 3 aromatic rings. The second kappa shape index (κ2) is 10.5. The minimum atomic E-state index is -0.821. The Hall–Kier alpha value is -3.54. The number of carbonyl (C=O) groups excluding carboxylic acids is 2. The van der Waals surface area contributed by atoms with Crippen molar-refractivity contribution in [3.05, 3.63) is 102 Å². The average Bonchev–Trinajstić information content (AvgIpc) is 2.79. The highest BCUT2D eigenvalue weighted by Crippen LogP contribution is 2.26. The summed E-state index contributed by atoms with van der Waals surface area (Å²) in [5.74, 6) is -1.10. The van der Waals surface area contributed by atoms with Crippen molar-refractivity contribution >= 4 is 11.8 Å². The maximum absolute atomic E-state index is 13.4. The first kappa shape index (κ1) is 22.2. The van der Waals surface area contributed by atoms with Crippen molar-refractivity contribution in [2.75, 3.05) is 0 Å². The summed E-state index contributed by atoms with van der Waals surface area (Å²) in [6.07, 6.45) is 3.36. The van der Waals surface area contributed by atoms with Crippen LogP contribution in [-0.2, 0) is 22.7 Å². The number of rotatable bonds is 8. The van der Waals surface area contributed by atoms with Crippen LogP contribution in [0.25, 0.3) is 0 Å². The molecule has 0 unspecified atom stereocenters. The number of amides is 2. The third-order valence-corrected chi connectivity index (χ3v) is 4.91. The van der Waals surface area contributed by atoms with Gasteiger partial charge in [-0.1, -0.05) is 62.4 Å². The van der Waals surface area contributed by atoms with Crippen LogP contribution < -0.4 is 5.32 Å². The summed E-state index contributed by atoms with van der Waals surface area (Å²) in [6.45, 7) is 4.10. The van der Waals surface area contributed by atoms with Crippen molar-refractivity contribution < 1.29 is 14.0 Å². The molecule has 0 bridgehead atoms. The monoisotopic (exact) mass is 419 g/mol. The summed E-state index contributed by atoms with van der Waals surface area (Å²) < 4.78 is 13.4. The highest BCUT2D eigenvalue weighted by Gasteiger charge is 2.32. The Balaban J connectivity index is 1.93. The summed E-state index contributed by atoms with van der Waals surface area (Å²) in [6, 6.07) is 18.0. The first-order chi connectivity index (χ1) is 15.0. The summed E-state index contributed by atoms with van der Waals surface area (Å²) in [7, 11) is 0. The maximum atomic E-state index is 13.4. The fourth-order valence-electron chi connectivity index (χ4n) is 3.31. The lowest BCUT2D eigenvalue weighted by Gasteiger charge is -2.33. The number of aromatic nitrogens is 1. The molecule has 1 aromatic heterocycles. The summed E-state index contributed by atoms with van der Waals surface area (Å²) >= 11 is 0. The lowest BCUT2D eigenvalue weighted by molar-refractivity contribution is -0.144. The fraction of sp³-hybridized carbons (Fsp3) is 0.240. The third kappa shape index (κ3) is 5.98. The standard InChI is InChI=1S/C25H26FN3O2/c1-18(2)25(31)29(17-19-10-12-22(26)13-11-19)23(21-8-4-3-5-9-21)24(30)28-16-20-7-6-14-27-15-20/h3-15,18,23H,16-17H2,1-2H3,(H,28,30)/t23-/m1/s1. The Morgan fingerprint density at radius 2 is 1.68 bits per heavy atom. The Kier molecular flexibility index (Phi) is 7.49.